The molecule has 120 valence electrons. The number of benzene rings is 1. The maximum atomic E-state index is 12.3. The highest BCUT2D eigenvalue weighted by molar-refractivity contribution is 6.06. The number of rotatable bonds is 4. The number of aryl methyl sites for hydroxylation is 1. The zero-order chi connectivity index (χ0) is 16.9. The third-order valence-corrected chi connectivity index (χ3v) is 3.26. The SMILES string of the molecule is Cc1cccc(NC(=O)c2cccc(NC(=O)c3ccco3)c2)n1. The van der Waals surface area contributed by atoms with E-state index in [0.717, 1.165) is 5.69 Å². The van der Waals surface area contributed by atoms with E-state index in [-0.39, 0.29) is 17.6 Å². The van der Waals surface area contributed by atoms with Crippen LogP contribution in [0.4, 0.5) is 11.5 Å². The highest BCUT2D eigenvalue weighted by Crippen LogP contribution is 2.14. The molecule has 0 spiro atoms. The van der Waals surface area contributed by atoms with Crippen LogP contribution < -0.4 is 10.6 Å². The summed E-state index contributed by atoms with van der Waals surface area (Å²) in [5.74, 6) is -0.000976. The average molecular weight is 321 g/mol. The first-order valence-corrected chi connectivity index (χ1v) is 7.32. The van der Waals surface area contributed by atoms with Gasteiger partial charge in [0.25, 0.3) is 11.8 Å². The van der Waals surface area contributed by atoms with Crippen LogP contribution in [0.2, 0.25) is 0 Å². The molecule has 2 amide bonds. The predicted molar refractivity (Wildman–Crippen MR) is 90.0 cm³/mol. The van der Waals surface area contributed by atoms with Crippen LogP contribution >= 0.6 is 0 Å². The molecular weight excluding hydrogens is 306 g/mol. The molecular formula is C18H15N3O3. The van der Waals surface area contributed by atoms with Crippen molar-refractivity contribution in [2.45, 2.75) is 6.92 Å². The fourth-order valence-electron chi connectivity index (χ4n) is 2.14. The number of carbonyl (C=O) groups is 2. The van der Waals surface area contributed by atoms with Crippen LogP contribution in [0.5, 0.6) is 0 Å². The van der Waals surface area contributed by atoms with Crippen LogP contribution in [0.25, 0.3) is 0 Å². The van der Waals surface area contributed by atoms with Crippen LogP contribution in [0.1, 0.15) is 26.6 Å². The molecule has 3 aromatic rings. The minimum atomic E-state index is -0.377. The van der Waals surface area contributed by atoms with Gasteiger partial charge >= 0.3 is 0 Å². The summed E-state index contributed by atoms with van der Waals surface area (Å²) in [6.45, 7) is 1.85. The van der Waals surface area contributed by atoms with Crippen molar-refractivity contribution in [3.8, 4) is 0 Å². The smallest absolute Gasteiger partial charge is 0.291 e. The quantitative estimate of drug-likeness (QED) is 0.770. The third-order valence-electron chi connectivity index (χ3n) is 3.26. The Hall–Kier alpha value is -3.41. The summed E-state index contributed by atoms with van der Waals surface area (Å²) in [5.41, 5.74) is 1.73. The second-order valence-electron chi connectivity index (χ2n) is 5.13. The fraction of sp³-hybridized carbons (Fsp3) is 0.0556. The molecule has 24 heavy (non-hydrogen) atoms. The van der Waals surface area contributed by atoms with Crippen LogP contribution in [-0.4, -0.2) is 16.8 Å². The maximum Gasteiger partial charge on any atom is 0.291 e. The van der Waals surface area contributed by atoms with Crippen LogP contribution in [-0.2, 0) is 0 Å². The van der Waals surface area contributed by atoms with Gasteiger partial charge in [-0.25, -0.2) is 4.98 Å². The summed E-state index contributed by atoms with van der Waals surface area (Å²) in [5, 5.41) is 5.41. The molecule has 0 fully saturated rings. The first kappa shape index (κ1) is 15.5. The molecule has 0 saturated carbocycles. The van der Waals surface area contributed by atoms with E-state index in [9.17, 15) is 9.59 Å². The average Bonchev–Trinajstić information content (AvgIpc) is 3.10. The van der Waals surface area contributed by atoms with E-state index >= 15 is 0 Å². The van der Waals surface area contributed by atoms with E-state index in [1.54, 1.807) is 42.5 Å². The van der Waals surface area contributed by atoms with Crippen LogP contribution in [0, 0.1) is 6.92 Å². The minimum Gasteiger partial charge on any atom is -0.459 e. The standard InChI is InChI=1S/C18H15N3O3/c1-12-5-2-9-16(19-12)21-17(22)13-6-3-7-14(11-13)20-18(23)15-8-4-10-24-15/h2-11H,1H3,(H,20,23)(H,19,21,22). The number of carbonyl (C=O) groups excluding carboxylic acids is 2. The zero-order valence-electron chi connectivity index (χ0n) is 12.9. The van der Waals surface area contributed by atoms with E-state index in [1.165, 1.54) is 6.26 Å². The maximum absolute atomic E-state index is 12.3. The second-order valence-corrected chi connectivity index (χ2v) is 5.13. The van der Waals surface area contributed by atoms with Crippen molar-refractivity contribution in [3.63, 3.8) is 0 Å². The Morgan fingerprint density at radius 3 is 2.54 bits per heavy atom. The Balaban J connectivity index is 1.72. The number of aromatic nitrogens is 1. The molecule has 2 heterocycles. The first-order chi connectivity index (χ1) is 11.6. The molecule has 3 rings (SSSR count). The number of anilines is 2. The topological polar surface area (TPSA) is 84.2 Å². The van der Waals surface area contributed by atoms with Crippen LogP contribution in [0.15, 0.2) is 65.3 Å². The van der Waals surface area contributed by atoms with Gasteiger partial charge in [-0.05, 0) is 49.4 Å². The zero-order valence-corrected chi connectivity index (χ0v) is 12.9. The fourth-order valence-corrected chi connectivity index (χ4v) is 2.14. The molecule has 2 N–H and O–H groups in total. The highest BCUT2D eigenvalue weighted by Gasteiger charge is 2.11. The number of pyridine rings is 1. The summed E-state index contributed by atoms with van der Waals surface area (Å²) in [6, 6.07) is 15.2. The van der Waals surface area contributed by atoms with E-state index in [4.69, 9.17) is 4.42 Å². The van der Waals surface area contributed by atoms with Crippen molar-refractivity contribution in [1.82, 2.24) is 4.98 Å². The van der Waals surface area contributed by atoms with Crippen molar-refractivity contribution < 1.29 is 14.0 Å². The molecule has 1 aromatic carbocycles. The van der Waals surface area contributed by atoms with Gasteiger partial charge in [0.1, 0.15) is 5.82 Å². The molecule has 0 aliphatic rings. The number of nitrogens with one attached hydrogen (secondary N) is 2. The summed E-state index contributed by atoms with van der Waals surface area (Å²) < 4.78 is 5.04. The highest BCUT2D eigenvalue weighted by atomic mass is 16.3. The molecule has 6 heteroatoms. The van der Waals surface area contributed by atoms with Crippen molar-refractivity contribution in [2.75, 3.05) is 10.6 Å². The number of hydrogen-bond donors (Lipinski definition) is 2. The third kappa shape index (κ3) is 3.67. The molecule has 0 atom stereocenters. The van der Waals surface area contributed by atoms with Gasteiger partial charge in [0, 0.05) is 16.9 Å². The molecule has 0 aliphatic carbocycles. The number of furan rings is 1. The number of hydrogen-bond acceptors (Lipinski definition) is 4. The molecule has 2 aromatic heterocycles. The Bertz CT molecular complexity index is 873. The second kappa shape index (κ2) is 6.78. The molecule has 0 bridgehead atoms. The largest absolute Gasteiger partial charge is 0.459 e. The van der Waals surface area contributed by atoms with Gasteiger partial charge in [-0.1, -0.05) is 12.1 Å². The number of nitrogens with zero attached hydrogens (tertiary/aromatic N) is 1. The van der Waals surface area contributed by atoms with E-state index < -0.39 is 0 Å². The van der Waals surface area contributed by atoms with Crippen molar-refractivity contribution in [3.05, 3.63) is 77.9 Å². The predicted octanol–water partition coefficient (Wildman–Crippen LogP) is 3.49. The van der Waals surface area contributed by atoms with Gasteiger partial charge in [0.05, 0.1) is 6.26 Å². The van der Waals surface area contributed by atoms with E-state index in [2.05, 4.69) is 15.6 Å². The van der Waals surface area contributed by atoms with Crippen molar-refractivity contribution in [2.24, 2.45) is 0 Å². The Morgan fingerprint density at radius 2 is 1.79 bits per heavy atom. The lowest BCUT2D eigenvalue weighted by Gasteiger charge is -2.07. The Morgan fingerprint density at radius 1 is 0.958 bits per heavy atom. The lowest BCUT2D eigenvalue weighted by Crippen LogP contribution is -2.15. The lowest BCUT2D eigenvalue weighted by atomic mass is 10.2. The Labute approximate surface area is 138 Å². The lowest BCUT2D eigenvalue weighted by molar-refractivity contribution is 0.0993. The summed E-state index contributed by atoms with van der Waals surface area (Å²) in [6.07, 6.45) is 1.42. The van der Waals surface area contributed by atoms with Crippen molar-refractivity contribution >= 4 is 23.3 Å². The molecule has 0 unspecified atom stereocenters. The normalized spacial score (nSPS) is 10.2. The molecule has 0 aliphatic heterocycles. The monoisotopic (exact) mass is 321 g/mol. The van der Waals surface area contributed by atoms with Gasteiger partial charge in [-0.2, -0.15) is 0 Å². The van der Waals surface area contributed by atoms with Crippen molar-refractivity contribution in [1.29, 1.82) is 0 Å². The molecule has 0 saturated heterocycles. The summed E-state index contributed by atoms with van der Waals surface area (Å²) >= 11 is 0. The number of amides is 2. The van der Waals surface area contributed by atoms with Gasteiger partial charge in [0.15, 0.2) is 5.76 Å². The van der Waals surface area contributed by atoms with Gasteiger partial charge < -0.3 is 15.1 Å². The van der Waals surface area contributed by atoms with Crippen LogP contribution in [0.3, 0.4) is 0 Å². The van der Waals surface area contributed by atoms with Gasteiger partial charge in [-0.3, -0.25) is 9.59 Å². The summed E-state index contributed by atoms with van der Waals surface area (Å²) in [7, 11) is 0. The summed E-state index contributed by atoms with van der Waals surface area (Å²) in [4.78, 5) is 28.5. The van der Waals surface area contributed by atoms with E-state index in [1.807, 2.05) is 19.1 Å². The van der Waals surface area contributed by atoms with E-state index in [0.29, 0.717) is 17.1 Å². The first-order valence-electron chi connectivity index (χ1n) is 7.32. The minimum absolute atomic E-state index is 0.203. The molecule has 6 nitrogen and oxygen atoms in total. The van der Waals surface area contributed by atoms with Gasteiger partial charge in [-0.15, -0.1) is 0 Å². The van der Waals surface area contributed by atoms with Gasteiger partial charge in [0.2, 0.25) is 0 Å². The molecule has 0 radical (unpaired) electrons. The Kier molecular flexibility index (Phi) is 4.38.